The van der Waals surface area contributed by atoms with Crippen molar-refractivity contribution in [2.24, 2.45) is 5.92 Å². The van der Waals surface area contributed by atoms with Crippen LogP contribution in [0.3, 0.4) is 0 Å². The van der Waals surface area contributed by atoms with Gasteiger partial charge in [-0.1, -0.05) is 46.5 Å². The molecule has 1 saturated carbocycles. The minimum absolute atomic E-state index is 0.571. The molecule has 1 N–H and O–H groups in total. The van der Waals surface area contributed by atoms with Gasteiger partial charge in [0.25, 0.3) is 0 Å². The van der Waals surface area contributed by atoms with Crippen LogP contribution in [0, 0.1) is 5.92 Å². The lowest BCUT2D eigenvalue weighted by atomic mass is 9.99. The SMILES string of the molecule is CCCNc1cc(CC(C)C)nc(C2CCCCCC2)n1. The second kappa shape index (κ2) is 8.35. The highest BCUT2D eigenvalue weighted by atomic mass is 15.0. The minimum Gasteiger partial charge on any atom is -0.370 e. The van der Waals surface area contributed by atoms with Crippen molar-refractivity contribution in [2.75, 3.05) is 11.9 Å². The smallest absolute Gasteiger partial charge is 0.134 e. The van der Waals surface area contributed by atoms with Gasteiger partial charge in [0.1, 0.15) is 11.6 Å². The van der Waals surface area contributed by atoms with E-state index in [1.54, 1.807) is 0 Å². The second-order valence-corrected chi connectivity index (χ2v) is 6.82. The van der Waals surface area contributed by atoms with Crippen molar-refractivity contribution in [3.05, 3.63) is 17.6 Å². The Balaban J connectivity index is 2.20. The van der Waals surface area contributed by atoms with E-state index in [1.165, 1.54) is 44.2 Å². The number of hydrogen-bond donors (Lipinski definition) is 1. The summed E-state index contributed by atoms with van der Waals surface area (Å²) in [5.74, 6) is 3.33. The van der Waals surface area contributed by atoms with Crippen LogP contribution in [0.25, 0.3) is 0 Å². The molecule has 3 nitrogen and oxygen atoms in total. The van der Waals surface area contributed by atoms with Gasteiger partial charge in [-0.05, 0) is 31.6 Å². The van der Waals surface area contributed by atoms with Gasteiger partial charge in [0.2, 0.25) is 0 Å². The largest absolute Gasteiger partial charge is 0.370 e. The monoisotopic (exact) mass is 289 g/mol. The third kappa shape index (κ3) is 5.29. The standard InChI is InChI=1S/C18H31N3/c1-4-11-19-17-13-16(12-14(2)3)20-18(21-17)15-9-7-5-6-8-10-15/h13-15H,4-12H2,1-3H3,(H,19,20,21). The summed E-state index contributed by atoms with van der Waals surface area (Å²) in [5, 5.41) is 3.45. The molecule has 0 spiro atoms. The van der Waals surface area contributed by atoms with E-state index < -0.39 is 0 Å². The van der Waals surface area contributed by atoms with Gasteiger partial charge in [-0.2, -0.15) is 0 Å². The highest BCUT2D eigenvalue weighted by molar-refractivity contribution is 5.36. The lowest BCUT2D eigenvalue weighted by molar-refractivity contribution is 0.552. The molecule has 1 aromatic heterocycles. The zero-order valence-electron chi connectivity index (χ0n) is 14.0. The summed E-state index contributed by atoms with van der Waals surface area (Å²) >= 11 is 0. The fourth-order valence-electron chi connectivity index (χ4n) is 3.10. The molecule has 0 amide bonds. The van der Waals surface area contributed by atoms with E-state index in [-0.39, 0.29) is 0 Å². The number of anilines is 1. The molecule has 118 valence electrons. The van der Waals surface area contributed by atoms with Crippen molar-refractivity contribution in [1.29, 1.82) is 0 Å². The first-order valence-electron chi connectivity index (χ1n) is 8.80. The van der Waals surface area contributed by atoms with E-state index in [0.29, 0.717) is 11.8 Å². The molecule has 0 unspecified atom stereocenters. The predicted molar refractivity (Wildman–Crippen MR) is 89.8 cm³/mol. The molecule has 1 aliphatic rings. The van der Waals surface area contributed by atoms with Crippen LogP contribution in [0.5, 0.6) is 0 Å². The van der Waals surface area contributed by atoms with Crippen LogP contribution in [-0.2, 0) is 6.42 Å². The van der Waals surface area contributed by atoms with E-state index in [2.05, 4.69) is 32.2 Å². The Bertz CT molecular complexity index is 420. The maximum Gasteiger partial charge on any atom is 0.134 e. The molecule has 3 heteroatoms. The summed E-state index contributed by atoms with van der Waals surface area (Å²) in [4.78, 5) is 9.72. The average Bonchev–Trinajstić information content (AvgIpc) is 2.73. The lowest BCUT2D eigenvalue weighted by Gasteiger charge is -2.16. The molecule has 0 radical (unpaired) electrons. The zero-order chi connectivity index (χ0) is 15.1. The Morgan fingerprint density at radius 3 is 2.48 bits per heavy atom. The molecule has 21 heavy (non-hydrogen) atoms. The van der Waals surface area contributed by atoms with Gasteiger partial charge in [0.15, 0.2) is 0 Å². The summed E-state index contributed by atoms with van der Waals surface area (Å²) in [5.41, 5.74) is 1.21. The Morgan fingerprint density at radius 1 is 1.14 bits per heavy atom. The van der Waals surface area contributed by atoms with E-state index in [1.807, 2.05) is 0 Å². The fourth-order valence-corrected chi connectivity index (χ4v) is 3.10. The van der Waals surface area contributed by atoms with Gasteiger partial charge in [-0.3, -0.25) is 0 Å². The topological polar surface area (TPSA) is 37.8 Å². The summed E-state index contributed by atoms with van der Waals surface area (Å²) in [6, 6.07) is 2.15. The molecule has 2 rings (SSSR count). The maximum atomic E-state index is 4.90. The van der Waals surface area contributed by atoms with Crippen molar-refractivity contribution in [1.82, 2.24) is 9.97 Å². The van der Waals surface area contributed by atoms with E-state index >= 15 is 0 Å². The molecule has 0 bridgehead atoms. The molecule has 0 atom stereocenters. The first-order valence-corrected chi connectivity index (χ1v) is 8.80. The molecule has 1 heterocycles. The Labute approximate surface area is 130 Å². The molecule has 0 aliphatic heterocycles. The molecule has 1 aromatic rings. The highest BCUT2D eigenvalue weighted by Crippen LogP contribution is 2.30. The first kappa shape index (κ1) is 16.3. The van der Waals surface area contributed by atoms with Gasteiger partial charge in [0.05, 0.1) is 0 Å². The van der Waals surface area contributed by atoms with Gasteiger partial charge < -0.3 is 5.32 Å². The number of nitrogens with zero attached hydrogens (tertiary/aromatic N) is 2. The van der Waals surface area contributed by atoms with E-state index in [9.17, 15) is 0 Å². The number of aromatic nitrogens is 2. The van der Waals surface area contributed by atoms with Crippen LogP contribution >= 0.6 is 0 Å². The molecule has 0 aromatic carbocycles. The summed E-state index contributed by atoms with van der Waals surface area (Å²) in [6.45, 7) is 7.69. The van der Waals surface area contributed by atoms with Crippen molar-refractivity contribution in [2.45, 2.75) is 78.1 Å². The van der Waals surface area contributed by atoms with Crippen LogP contribution in [-0.4, -0.2) is 16.5 Å². The first-order chi connectivity index (χ1) is 10.2. The third-order valence-corrected chi connectivity index (χ3v) is 4.19. The van der Waals surface area contributed by atoms with Crippen molar-refractivity contribution < 1.29 is 0 Å². The third-order valence-electron chi connectivity index (χ3n) is 4.19. The molecular formula is C18H31N3. The van der Waals surface area contributed by atoms with Crippen LogP contribution in [0.2, 0.25) is 0 Å². The molecule has 1 fully saturated rings. The van der Waals surface area contributed by atoms with Crippen LogP contribution < -0.4 is 5.32 Å². The second-order valence-electron chi connectivity index (χ2n) is 6.82. The minimum atomic E-state index is 0.571. The predicted octanol–water partition coefficient (Wildman–Crippen LogP) is 4.93. The van der Waals surface area contributed by atoms with Gasteiger partial charge in [-0.25, -0.2) is 9.97 Å². The van der Waals surface area contributed by atoms with Crippen molar-refractivity contribution in [3.8, 4) is 0 Å². The van der Waals surface area contributed by atoms with Gasteiger partial charge in [0, 0.05) is 24.2 Å². The van der Waals surface area contributed by atoms with E-state index in [0.717, 1.165) is 31.0 Å². The molecule has 0 saturated heterocycles. The number of nitrogens with one attached hydrogen (secondary N) is 1. The molecular weight excluding hydrogens is 258 g/mol. The van der Waals surface area contributed by atoms with Crippen LogP contribution in [0.1, 0.15) is 83.2 Å². The number of rotatable bonds is 6. The summed E-state index contributed by atoms with van der Waals surface area (Å²) in [6.07, 6.45) is 10.1. The lowest BCUT2D eigenvalue weighted by Crippen LogP contribution is -2.11. The summed E-state index contributed by atoms with van der Waals surface area (Å²) in [7, 11) is 0. The van der Waals surface area contributed by atoms with E-state index in [4.69, 9.17) is 9.97 Å². The van der Waals surface area contributed by atoms with Gasteiger partial charge in [-0.15, -0.1) is 0 Å². The quantitative estimate of drug-likeness (QED) is 0.754. The number of hydrogen-bond acceptors (Lipinski definition) is 3. The zero-order valence-corrected chi connectivity index (χ0v) is 14.0. The van der Waals surface area contributed by atoms with Crippen molar-refractivity contribution in [3.63, 3.8) is 0 Å². The Morgan fingerprint density at radius 2 is 1.86 bits per heavy atom. The summed E-state index contributed by atoms with van der Waals surface area (Å²) < 4.78 is 0. The highest BCUT2D eigenvalue weighted by Gasteiger charge is 2.18. The average molecular weight is 289 g/mol. The Hall–Kier alpha value is -1.12. The van der Waals surface area contributed by atoms with Gasteiger partial charge >= 0.3 is 0 Å². The maximum absolute atomic E-state index is 4.90. The van der Waals surface area contributed by atoms with Crippen LogP contribution in [0.4, 0.5) is 5.82 Å². The fraction of sp³-hybridized carbons (Fsp3) is 0.778. The van der Waals surface area contributed by atoms with Crippen molar-refractivity contribution >= 4 is 5.82 Å². The molecule has 1 aliphatic carbocycles. The van der Waals surface area contributed by atoms with Crippen LogP contribution in [0.15, 0.2) is 6.07 Å². The Kier molecular flexibility index (Phi) is 6.47. The normalized spacial score (nSPS) is 17.0.